The van der Waals surface area contributed by atoms with E-state index in [2.05, 4.69) is 51.2 Å². The highest BCUT2D eigenvalue weighted by Crippen LogP contribution is 2.25. The minimum atomic E-state index is 0.254. The maximum atomic E-state index is 5.71. The van der Waals surface area contributed by atoms with E-state index in [0.717, 1.165) is 25.1 Å². The number of furan rings is 1. The van der Waals surface area contributed by atoms with Crippen LogP contribution in [0, 0.1) is 20.8 Å². The molecular formula is C18H25NO. The van der Waals surface area contributed by atoms with E-state index in [1.165, 1.54) is 22.3 Å². The summed E-state index contributed by atoms with van der Waals surface area (Å²) in [5, 5.41) is 3.62. The van der Waals surface area contributed by atoms with Gasteiger partial charge in [0.1, 0.15) is 5.76 Å². The average Bonchev–Trinajstić information content (AvgIpc) is 2.84. The van der Waals surface area contributed by atoms with E-state index in [1.807, 2.05) is 6.07 Å². The Morgan fingerprint density at radius 1 is 1.05 bits per heavy atom. The summed E-state index contributed by atoms with van der Waals surface area (Å²) in [6.07, 6.45) is 3.89. The Hall–Kier alpha value is -1.54. The first-order chi connectivity index (χ1) is 9.63. The Kier molecular flexibility index (Phi) is 5.02. The zero-order chi connectivity index (χ0) is 14.5. The van der Waals surface area contributed by atoms with Gasteiger partial charge < -0.3 is 9.73 Å². The van der Waals surface area contributed by atoms with Crippen molar-refractivity contribution in [3.05, 3.63) is 58.5 Å². The molecule has 2 rings (SSSR count). The normalized spacial score (nSPS) is 12.6. The van der Waals surface area contributed by atoms with Crippen LogP contribution in [0.2, 0.25) is 0 Å². The second-order valence-electron chi connectivity index (χ2n) is 5.55. The molecule has 0 fully saturated rings. The van der Waals surface area contributed by atoms with Crippen molar-refractivity contribution in [3.63, 3.8) is 0 Å². The van der Waals surface area contributed by atoms with Gasteiger partial charge in [-0.15, -0.1) is 0 Å². The molecule has 0 saturated heterocycles. The molecule has 0 saturated carbocycles. The third kappa shape index (κ3) is 3.31. The summed E-state index contributed by atoms with van der Waals surface area (Å²) >= 11 is 0. The highest BCUT2D eigenvalue weighted by atomic mass is 16.3. The van der Waals surface area contributed by atoms with Crippen molar-refractivity contribution in [2.45, 2.75) is 46.6 Å². The van der Waals surface area contributed by atoms with Crippen LogP contribution in [-0.2, 0) is 6.42 Å². The molecule has 2 nitrogen and oxygen atoms in total. The zero-order valence-corrected chi connectivity index (χ0v) is 13.0. The van der Waals surface area contributed by atoms with Crippen molar-refractivity contribution in [3.8, 4) is 0 Å². The number of hydrogen-bond acceptors (Lipinski definition) is 2. The van der Waals surface area contributed by atoms with E-state index < -0.39 is 0 Å². The predicted molar refractivity (Wildman–Crippen MR) is 84.1 cm³/mol. The van der Waals surface area contributed by atoms with Gasteiger partial charge >= 0.3 is 0 Å². The van der Waals surface area contributed by atoms with Crippen LogP contribution in [0.25, 0.3) is 0 Å². The monoisotopic (exact) mass is 271 g/mol. The molecule has 1 atom stereocenters. The van der Waals surface area contributed by atoms with Gasteiger partial charge in [-0.3, -0.25) is 0 Å². The molecule has 1 N–H and O–H groups in total. The summed E-state index contributed by atoms with van der Waals surface area (Å²) in [7, 11) is 0. The number of rotatable bonds is 6. The number of benzene rings is 1. The van der Waals surface area contributed by atoms with E-state index in [-0.39, 0.29) is 6.04 Å². The van der Waals surface area contributed by atoms with Crippen LogP contribution in [0.1, 0.15) is 47.4 Å². The Morgan fingerprint density at radius 2 is 1.75 bits per heavy atom. The van der Waals surface area contributed by atoms with Crippen molar-refractivity contribution >= 4 is 0 Å². The number of hydrogen-bond donors (Lipinski definition) is 1. The van der Waals surface area contributed by atoms with Crippen molar-refractivity contribution in [1.29, 1.82) is 0 Å². The van der Waals surface area contributed by atoms with Gasteiger partial charge in [0, 0.05) is 0 Å². The van der Waals surface area contributed by atoms with Crippen LogP contribution in [-0.4, -0.2) is 6.54 Å². The first kappa shape index (κ1) is 14.9. The van der Waals surface area contributed by atoms with Crippen LogP contribution in [0.4, 0.5) is 0 Å². The van der Waals surface area contributed by atoms with Crippen molar-refractivity contribution in [1.82, 2.24) is 5.32 Å². The molecule has 1 unspecified atom stereocenters. The molecule has 20 heavy (non-hydrogen) atoms. The summed E-state index contributed by atoms with van der Waals surface area (Å²) in [4.78, 5) is 0. The van der Waals surface area contributed by atoms with Crippen molar-refractivity contribution < 1.29 is 4.42 Å². The van der Waals surface area contributed by atoms with Gasteiger partial charge in [-0.05, 0) is 68.5 Å². The minimum absolute atomic E-state index is 0.254. The van der Waals surface area contributed by atoms with Crippen LogP contribution in [0.5, 0.6) is 0 Å². The summed E-state index contributed by atoms with van der Waals surface area (Å²) in [6.45, 7) is 9.69. The molecular weight excluding hydrogens is 246 g/mol. The Balaban J connectivity index is 2.26. The Bertz CT molecular complexity index is 536. The first-order valence-electron chi connectivity index (χ1n) is 7.46. The van der Waals surface area contributed by atoms with Gasteiger partial charge in [-0.2, -0.15) is 0 Å². The predicted octanol–water partition coefficient (Wildman–Crippen LogP) is 4.49. The average molecular weight is 271 g/mol. The molecule has 2 aromatic rings. The van der Waals surface area contributed by atoms with Gasteiger partial charge in [0.15, 0.2) is 0 Å². The molecule has 0 amide bonds. The first-order valence-corrected chi connectivity index (χ1v) is 7.46. The molecule has 108 valence electrons. The Labute approximate surface area is 122 Å². The van der Waals surface area contributed by atoms with Crippen LogP contribution in [0.15, 0.2) is 34.9 Å². The molecule has 0 aliphatic carbocycles. The van der Waals surface area contributed by atoms with E-state index in [0.29, 0.717) is 0 Å². The Morgan fingerprint density at radius 3 is 2.30 bits per heavy atom. The SMILES string of the molecule is CCCNC(Cc1c(C)cccc1C)c1occc1C. The molecule has 0 bridgehead atoms. The lowest BCUT2D eigenvalue weighted by molar-refractivity contribution is 0.407. The molecule has 1 heterocycles. The largest absolute Gasteiger partial charge is 0.467 e. The van der Waals surface area contributed by atoms with E-state index in [9.17, 15) is 0 Å². The standard InChI is InChI=1S/C18H25NO/c1-5-10-19-17(18-15(4)9-11-20-18)12-16-13(2)7-6-8-14(16)3/h6-9,11,17,19H,5,10,12H2,1-4H3. The van der Waals surface area contributed by atoms with Gasteiger partial charge in [-0.25, -0.2) is 0 Å². The van der Waals surface area contributed by atoms with Crippen LogP contribution < -0.4 is 5.32 Å². The molecule has 0 aliphatic rings. The minimum Gasteiger partial charge on any atom is -0.467 e. The third-order valence-electron chi connectivity index (χ3n) is 3.91. The van der Waals surface area contributed by atoms with E-state index in [1.54, 1.807) is 6.26 Å². The third-order valence-corrected chi connectivity index (χ3v) is 3.91. The lowest BCUT2D eigenvalue weighted by Crippen LogP contribution is -2.25. The van der Waals surface area contributed by atoms with Gasteiger partial charge in [0.25, 0.3) is 0 Å². The van der Waals surface area contributed by atoms with Gasteiger partial charge in [0.05, 0.1) is 12.3 Å². The van der Waals surface area contributed by atoms with Crippen molar-refractivity contribution in [2.24, 2.45) is 0 Å². The lowest BCUT2D eigenvalue weighted by Gasteiger charge is -2.20. The maximum Gasteiger partial charge on any atom is 0.123 e. The van der Waals surface area contributed by atoms with Gasteiger partial charge in [0.2, 0.25) is 0 Å². The van der Waals surface area contributed by atoms with E-state index in [4.69, 9.17) is 4.42 Å². The molecule has 1 aromatic heterocycles. The number of nitrogens with one attached hydrogen (secondary N) is 1. The fraction of sp³-hybridized carbons (Fsp3) is 0.444. The summed E-state index contributed by atoms with van der Waals surface area (Å²) in [5.41, 5.74) is 5.37. The molecule has 1 aromatic carbocycles. The summed E-state index contributed by atoms with van der Waals surface area (Å²) in [5.74, 6) is 1.07. The zero-order valence-electron chi connectivity index (χ0n) is 13.0. The maximum absolute atomic E-state index is 5.71. The second kappa shape index (κ2) is 6.76. The second-order valence-corrected chi connectivity index (χ2v) is 5.55. The molecule has 0 radical (unpaired) electrons. The van der Waals surface area contributed by atoms with Gasteiger partial charge in [-0.1, -0.05) is 25.1 Å². The van der Waals surface area contributed by atoms with E-state index >= 15 is 0 Å². The fourth-order valence-electron chi connectivity index (χ4n) is 2.69. The molecule has 0 spiro atoms. The fourth-order valence-corrected chi connectivity index (χ4v) is 2.69. The molecule has 0 aliphatic heterocycles. The lowest BCUT2D eigenvalue weighted by atomic mass is 9.94. The highest BCUT2D eigenvalue weighted by Gasteiger charge is 2.18. The quantitative estimate of drug-likeness (QED) is 0.837. The van der Waals surface area contributed by atoms with Crippen LogP contribution >= 0.6 is 0 Å². The highest BCUT2D eigenvalue weighted by molar-refractivity contribution is 5.35. The van der Waals surface area contributed by atoms with Crippen molar-refractivity contribution in [2.75, 3.05) is 6.54 Å². The smallest absolute Gasteiger partial charge is 0.123 e. The molecule has 2 heteroatoms. The summed E-state index contributed by atoms with van der Waals surface area (Å²) < 4.78 is 5.71. The topological polar surface area (TPSA) is 25.2 Å². The van der Waals surface area contributed by atoms with Crippen LogP contribution in [0.3, 0.4) is 0 Å². The number of aryl methyl sites for hydroxylation is 3. The summed E-state index contributed by atoms with van der Waals surface area (Å²) in [6, 6.07) is 8.80.